The maximum Gasteiger partial charge on any atom is 0.137 e. The number of ether oxygens (including phenoxy) is 1. The Morgan fingerprint density at radius 1 is 1.26 bits per heavy atom. The van der Waals surface area contributed by atoms with E-state index in [1.54, 1.807) is 19.5 Å². The van der Waals surface area contributed by atoms with Crippen molar-refractivity contribution >= 4 is 11.6 Å². The maximum atomic E-state index is 6.06. The molecule has 19 heavy (non-hydrogen) atoms. The first kappa shape index (κ1) is 13.8. The zero-order chi connectivity index (χ0) is 13.7. The Morgan fingerprint density at radius 3 is 2.74 bits per heavy atom. The molecule has 0 aliphatic heterocycles. The minimum Gasteiger partial charge on any atom is -0.495 e. The second-order valence-corrected chi connectivity index (χ2v) is 4.47. The van der Waals surface area contributed by atoms with Gasteiger partial charge in [0.1, 0.15) is 5.75 Å². The third kappa shape index (κ3) is 3.22. The fraction of sp³-hybridized carbons (Fsp3) is 0.286. The topological polar surface area (TPSA) is 47.0 Å². The molecule has 4 nitrogen and oxygen atoms in total. The summed E-state index contributed by atoms with van der Waals surface area (Å²) in [4.78, 5) is 0. The zero-order valence-electron chi connectivity index (χ0n) is 10.9. The van der Waals surface area contributed by atoms with Gasteiger partial charge in [-0.05, 0) is 35.9 Å². The molecule has 2 rings (SSSR count). The summed E-state index contributed by atoms with van der Waals surface area (Å²) < 4.78 is 5.26. The lowest BCUT2D eigenvalue weighted by Gasteiger charge is -2.19. The smallest absolute Gasteiger partial charge is 0.137 e. The fourth-order valence-corrected chi connectivity index (χ4v) is 2.15. The molecule has 1 unspecified atom stereocenters. The Kier molecular flexibility index (Phi) is 4.71. The molecule has 1 N–H and O–H groups in total. The monoisotopic (exact) mass is 277 g/mol. The van der Waals surface area contributed by atoms with Crippen LogP contribution in [-0.2, 0) is 0 Å². The van der Waals surface area contributed by atoms with Gasteiger partial charge in [-0.2, -0.15) is 10.2 Å². The lowest BCUT2D eigenvalue weighted by molar-refractivity contribution is 0.414. The van der Waals surface area contributed by atoms with Crippen molar-refractivity contribution in [2.24, 2.45) is 0 Å². The molecule has 100 valence electrons. The van der Waals surface area contributed by atoms with Gasteiger partial charge in [0.25, 0.3) is 0 Å². The highest BCUT2D eigenvalue weighted by Crippen LogP contribution is 2.30. The SMILES string of the molecule is CCNC(c1ccnnc1)c1ccc(Cl)c(OC)c1. The Labute approximate surface area is 117 Å². The van der Waals surface area contributed by atoms with Crippen LogP contribution >= 0.6 is 11.6 Å². The molecule has 1 aromatic heterocycles. The summed E-state index contributed by atoms with van der Waals surface area (Å²) in [5, 5.41) is 11.8. The molecule has 0 fully saturated rings. The number of nitrogens with zero attached hydrogens (tertiary/aromatic N) is 2. The van der Waals surface area contributed by atoms with E-state index in [-0.39, 0.29) is 6.04 Å². The van der Waals surface area contributed by atoms with Crippen molar-refractivity contribution in [2.75, 3.05) is 13.7 Å². The Morgan fingerprint density at radius 2 is 2.11 bits per heavy atom. The van der Waals surface area contributed by atoms with Gasteiger partial charge >= 0.3 is 0 Å². The maximum absolute atomic E-state index is 6.06. The first-order valence-corrected chi connectivity index (χ1v) is 6.47. The van der Waals surface area contributed by atoms with Gasteiger partial charge in [-0.1, -0.05) is 24.6 Å². The molecule has 1 atom stereocenters. The first-order valence-electron chi connectivity index (χ1n) is 6.09. The quantitative estimate of drug-likeness (QED) is 0.913. The van der Waals surface area contributed by atoms with Crippen LogP contribution < -0.4 is 10.1 Å². The number of benzene rings is 1. The second kappa shape index (κ2) is 6.50. The van der Waals surface area contributed by atoms with Crippen LogP contribution in [-0.4, -0.2) is 23.9 Å². The molecule has 0 saturated heterocycles. The van der Waals surface area contributed by atoms with E-state index < -0.39 is 0 Å². The molecule has 0 aliphatic carbocycles. The van der Waals surface area contributed by atoms with Crippen LogP contribution in [0.4, 0.5) is 0 Å². The molecule has 0 aliphatic rings. The van der Waals surface area contributed by atoms with Gasteiger partial charge in [-0.15, -0.1) is 0 Å². The Balaban J connectivity index is 2.39. The van der Waals surface area contributed by atoms with Gasteiger partial charge < -0.3 is 10.1 Å². The van der Waals surface area contributed by atoms with Crippen molar-refractivity contribution in [1.82, 2.24) is 15.5 Å². The number of nitrogens with one attached hydrogen (secondary N) is 1. The lowest BCUT2D eigenvalue weighted by atomic mass is 10.0. The number of aromatic nitrogens is 2. The molecule has 0 amide bonds. The Bertz CT molecular complexity index is 533. The van der Waals surface area contributed by atoms with Crippen LogP contribution in [0.3, 0.4) is 0 Å². The third-order valence-corrected chi connectivity index (χ3v) is 3.17. The molecule has 0 bridgehead atoms. The average molecular weight is 278 g/mol. The summed E-state index contributed by atoms with van der Waals surface area (Å²) in [7, 11) is 1.61. The van der Waals surface area contributed by atoms with Gasteiger partial charge in [0.2, 0.25) is 0 Å². The van der Waals surface area contributed by atoms with Crippen LogP contribution in [0.1, 0.15) is 24.1 Å². The van der Waals surface area contributed by atoms with Gasteiger partial charge in [-0.25, -0.2) is 0 Å². The van der Waals surface area contributed by atoms with Gasteiger partial charge in [-0.3, -0.25) is 0 Å². The van der Waals surface area contributed by atoms with Crippen LogP contribution in [0.15, 0.2) is 36.7 Å². The predicted molar refractivity (Wildman–Crippen MR) is 75.6 cm³/mol. The van der Waals surface area contributed by atoms with Crippen LogP contribution in [0.2, 0.25) is 5.02 Å². The van der Waals surface area contributed by atoms with Crippen LogP contribution in [0.25, 0.3) is 0 Å². The van der Waals surface area contributed by atoms with Crippen LogP contribution in [0.5, 0.6) is 5.75 Å². The number of halogens is 1. The molecule has 1 aromatic carbocycles. The zero-order valence-corrected chi connectivity index (χ0v) is 11.7. The van der Waals surface area contributed by atoms with Crippen molar-refractivity contribution in [3.8, 4) is 5.75 Å². The minimum absolute atomic E-state index is 0.0478. The third-order valence-electron chi connectivity index (χ3n) is 2.86. The Hall–Kier alpha value is -1.65. The van der Waals surface area contributed by atoms with Crippen molar-refractivity contribution < 1.29 is 4.74 Å². The summed E-state index contributed by atoms with van der Waals surface area (Å²) >= 11 is 6.06. The lowest BCUT2D eigenvalue weighted by Crippen LogP contribution is -2.22. The highest BCUT2D eigenvalue weighted by molar-refractivity contribution is 6.32. The molecular weight excluding hydrogens is 262 g/mol. The predicted octanol–water partition coefficient (Wildman–Crippen LogP) is 2.84. The summed E-state index contributed by atoms with van der Waals surface area (Å²) in [6.07, 6.45) is 3.45. The molecule has 5 heteroatoms. The second-order valence-electron chi connectivity index (χ2n) is 4.06. The van der Waals surface area contributed by atoms with E-state index in [2.05, 4.69) is 22.4 Å². The molecule has 0 radical (unpaired) electrons. The van der Waals surface area contributed by atoms with Crippen molar-refractivity contribution in [3.63, 3.8) is 0 Å². The highest BCUT2D eigenvalue weighted by atomic mass is 35.5. The van der Waals surface area contributed by atoms with Crippen molar-refractivity contribution in [2.45, 2.75) is 13.0 Å². The summed E-state index contributed by atoms with van der Waals surface area (Å²) in [5.74, 6) is 0.670. The van der Waals surface area contributed by atoms with E-state index in [1.165, 1.54) is 0 Å². The summed E-state index contributed by atoms with van der Waals surface area (Å²) in [6, 6.07) is 7.76. The first-order chi connectivity index (χ1) is 9.26. The van der Waals surface area contributed by atoms with Gasteiger partial charge in [0, 0.05) is 6.20 Å². The van der Waals surface area contributed by atoms with E-state index in [1.807, 2.05) is 24.3 Å². The molecule has 2 aromatic rings. The summed E-state index contributed by atoms with van der Waals surface area (Å²) in [6.45, 7) is 2.91. The van der Waals surface area contributed by atoms with Crippen molar-refractivity contribution in [3.05, 3.63) is 52.8 Å². The minimum atomic E-state index is 0.0478. The van der Waals surface area contributed by atoms with Crippen LogP contribution in [0, 0.1) is 0 Å². The van der Waals surface area contributed by atoms with E-state index in [9.17, 15) is 0 Å². The highest BCUT2D eigenvalue weighted by Gasteiger charge is 2.15. The average Bonchev–Trinajstić information content (AvgIpc) is 2.46. The standard InChI is InChI=1S/C14H16ClN3O/c1-3-16-14(11-6-7-17-18-9-11)10-4-5-12(15)13(8-10)19-2/h4-9,14,16H,3H2,1-2H3. The summed E-state index contributed by atoms with van der Waals surface area (Å²) in [5.41, 5.74) is 2.14. The molecule has 0 saturated carbocycles. The molecular formula is C14H16ClN3O. The number of hydrogen-bond donors (Lipinski definition) is 1. The largest absolute Gasteiger partial charge is 0.495 e. The normalized spacial score (nSPS) is 12.2. The van der Waals surface area contributed by atoms with E-state index in [4.69, 9.17) is 16.3 Å². The van der Waals surface area contributed by atoms with Gasteiger partial charge in [0.15, 0.2) is 0 Å². The van der Waals surface area contributed by atoms with E-state index >= 15 is 0 Å². The molecule has 1 heterocycles. The molecule has 0 spiro atoms. The number of hydrogen-bond acceptors (Lipinski definition) is 4. The van der Waals surface area contributed by atoms with Gasteiger partial charge in [0.05, 0.1) is 24.4 Å². The van der Waals surface area contributed by atoms with E-state index in [0.29, 0.717) is 10.8 Å². The van der Waals surface area contributed by atoms with Crippen molar-refractivity contribution in [1.29, 1.82) is 0 Å². The van der Waals surface area contributed by atoms with E-state index in [0.717, 1.165) is 17.7 Å². The number of rotatable bonds is 5. The number of methoxy groups -OCH3 is 1. The fourth-order valence-electron chi connectivity index (χ4n) is 1.96.